The zero-order valence-corrected chi connectivity index (χ0v) is 14.6. The standard InChI is InChI=1S/C19H14FN3O2S/c1-25-16-9-5-3-7-13(16)15(10-21)23-18(24)17-11-22-19(26-17)12-6-2-4-8-14(12)20/h2-9,11,15H,1H3,(H,23,24). The molecule has 3 aromatic rings. The minimum atomic E-state index is -0.877. The lowest BCUT2D eigenvalue weighted by Crippen LogP contribution is -2.27. The smallest absolute Gasteiger partial charge is 0.264 e. The molecule has 3 rings (SSSR count). The number of halogens is 1. The monoisotopic (exact) mass is 367 g/mol. The lowest BCUT2D eigenvalue weighted by Gasteiger charge is -2.14. The summed E-state index contributed by atoms with van der Waals surface area (Å²) in [5, 5.41) is 12.5. The lowest BCUT2D eigenvalue weighted by molar-refractivity contribution is 0.0948. The minimum Gasteiger partial charge on any atom is -0.496 e. The normalized spacial score (nSPS) is 11.4. The molecule has 0 bridgehead atoms. The van der Waals surface area contributed by atoms with E-state index in [1.54, 1.807) is 42.5 Å². The van der Waals surface area contributed by atoms with Crippen LogP contribution in [-0.4, -0.2) is 18.0 Å². The summed E-state index contributed by atoms with van der Waals surface area (Å²) in [5.41, 5.74) is 0.891. The van der Waals surface area contributed by atoms with Gasteiger partial charge in [-0.2, -0.15) is 5.26 Å². The number of aromatic nitrogens is 1. The van der Waals surface area contributed by atoms with Gasteiger partial charge in [-0.25, -0.2) is 9.37 Å². The molecule has 1 amide bonds. The summed E-state index contributed by atoms with van der Waals surface area (Å²) in [6.45, 7) is 0. The number of methoxy groups -OCH3 is 1. The van der Waals surface area contributed by atoms with E-state index < -0.39 is 17.8 Å². The number of rotatable bonds is 5. The first kappa shape index (κ1) is 17.6. The molecule has 1 aromatic heterocycles. The first-order valence-electron chi connectivity index (χ1n) is 7.68. The van der Waals surface area contributed by atoms with Crippen LogP contribution in [0, 0.1) is 17.1 Å². The first-order chi connectivity index (χ1) is 12.6. The number of carbonyl (C=O) groups excluding carboxylic acids is 1. The average molecular weight is 367 g/mol. The van der Waals surface area contributed by atoms with Gasteiger partial charge in [0.1, 0.15) is 27.5 Å². The quantitative estimate of drug-likeness (QED) is 0.741. The number of nitrogens with one attached hydrogen (secondary N) is 1. The van der Waals surface area contributed by atoms with E-state index in [1.165, 1.54) is 19.4 Å². The number of carbonyl (C=O) groups is 1. The van der Waals surface area contributed by atoms with E-state index in [2.05, 4.69) is 16.4 Å². The molecule has 1 atom stereocenters. The van der Waals surface area contributed by atoms with Crippen LogP contribution in [0.2, 0.25) is 0 Å². The van der Waals surface area contributed by atoms with Gasteiger partial charge in [-0.1, -0.05) is 30.3 Å². The molecule has 0 saturated carbocycles. The number of benzene rings is 2. The van der Waals surface area contributed by atoms with Crippen LogP contribution in [0.15, 0.2) is 54.7 Å². The molecule has 0 aliphatic carbocycles. The molecular weight excluding hydrogens is 353 g/mol. The highest BCUT2D eigenvalue weighted by Crippen LogP contribution is 2.28. The van der Waals surface area contributed by atoms with E-state index in [9.17, 15) is 14.4 Å². The molecule has 0 radical (unpaired) electrons. The number of thiazole rings is 1. The Morgan fingerprint density at radius 3 is 2.73 bits per heavy atom. The van der Waals surface area contributed by atoms with Gasteiger partial charge in [0.15, 0.2) is 0 Å². The van der Waals surface area contributed by atoms with Crippen LogP contribution in [0.5, 0.6) is 5.75 Å². The fourth-order valence-electron chi connectivity index (χ4n) is 2.42. The number of para-hydroxylation sites is 1. The van der Waals surface area contributed by atoms with Gasteiger partial charge in [-0.05, 0) is 18.2 Å². The predicted molar refractivity (Wildman–Crippen MR) is 96.3 cm³/mol. The summed E-state index contributed by atoms with van der Waals surface area (Å²) in [7, 11) is 1.50. The highest BCUT2D eigenvalue weighted by atomic mass is 32.1. The van der Waals surface area contributed by atoms with Crippen LogP contribution in [-0.2, 0) is 0 Å². The molecule has 7 heteroatoms. The van der Waals surface area contributed by atoms with Crippen molar-refractivity contribution in [1.29, 1.82) is 5.26 Å². The SMILES string of the molecule is COc1ccccc1C(C#N)NC(=O)c1cnc(-c2ccccc2F)s1. The van der Waals surface area contributed by atoms with E-state index in [4.69, 9.17) is 4.74 Å². The highest BCUT2D eigenvalue weighted by Gasteiger charge is 2.20. The third-order valence-corrected chi connectivity index (χ3v) is 4.72. The second-order valence-corrected chi connectivity index (χ2v) is 6.32. The maximum Gasteiger partial charge on any atom is 0.264 e. The molecule has 0 fully saturated rings. The van der Waals surface area contributed by atoms with Crippen molar-refractivity contribution in [1.82, 2.24) is 10.3 Å². The van der Waals surface area contributed by atoms with Gasteiger partial charge in [0.05, 0.1) is 19.4 Å². The van der Waals surface area contributed by atoms with Crippen molar-refractivity contribution >= 4 is 17.2 Å². The van der Waals surface area contributed by atoms with Crippen LogP contribution in [0.3, 0.4) is 0 Å². The summed E-state index contributed by atoms with van der Waals surface area (Å²) in [4.78, 5) is 16.9. The zero-order valence-electron chi connectivity index (χ0n) is 13.8. The van der Waals surface area contributed by atoms with Gasteiger partial charge in [-0.15, -0.1) is 11.3 Å². The third kappa shape index (κ3) is 3.55. The summed E-state index contributed by atoms with van der Waals surface area (Å²) in [5.74, 6) is -0.351. The number of nitriles is 1. The van der Waals surface area contributed by atoms with E-state index in [1.807, 2.05) is 0 Å². The average Bonchev–Trinajstić information content (AvgIpc) is 3.16. The molecule has 1 unspecified atom stereocenters. The topological polar surface area (TPSA) is 75.0 Å². The van der Waals surface area contributed by atoms with Gasteiger partial charge in [-0.3, -0.25) is 4.79 Å². The highest BCUT2D eigenvalue weighted by molar-refractivity contribution is 7.16. The van der Waals surface area contributed by atoms with Crippen LogP contribution in [0.25, 0.3) is 10.6 Å². The van der Waals surface area contributed by atoms with Crippen molar-refractivity contribution in [2.45, 2.75) is 6.04 Å². The predicted octanol–water partition coefficient (Wildman–Crippen LogP) is 3.95. The Balaban J connectivity index is 1.82. The lowest BCUT2D eigenvalue weighted by atomic mass is 10.1. The summed E-state index contributed by atoms with van der Waals surface area (Å²) in [6.07, 6.45) is 1.37. The number of nitrogens with zero attached hydrogens (tertiary/aromatic N) is 2. The van der Waals surface area contributed by atoms with Crippen LogP contribution in [0.4, 0.5) is 4.39 Å². The van der Waals surface area contributed by atoms with Crippen LogP contribution >= 0.6 is 11.3 Å². The van der Waals surface area contributed by atoms with Gasteiger partial charge in [0.25, 0.3) is 5.91 Å². The fourth-order valence-corrected chi connectivity index (χ4v) is 3.27. The van der Waals surface area contributed by atoms with Crippen LogP contribution < -0.4 is 10.1 Å². The minimum absolute atomic E-state index is 0.290. The Bertz CT molecular complexity index is 981. The van der Waals surface area contributed by atoms with E-state index in [0.29, 0.717) is 26.8 Å². The largest absolute Gasteiger partial charge is 0.496 e. The molecule has 1 heterocycles. The summed E-state index contributed by atoms with van der Waals surface area (Å²) in [6, 6.07) is 14.4. The molecule has 0 aliphatic heterocycles. The van der Waals surface area contributed by atoms with Crippen molar-refractivity contribution in [2.75, 3.05) is 7.11 Å². The first-order valence-corrected chi connectivity index (χ1v) is 8.50. The maximum atomic E-state index is 13.9. The Labute approximate surface area is 153 Å². The maximum absolute atomic E-state index is 13.9. The fraction of sp³-hybridized carbons (Fsp3) is 0.105. The molecule has 1 N–H and O–H groups in total. The molecule has 5 nitrogen and oxygen atoms in total. The molecule has 2 aromatic carbocycles. The van der Waals surface area contributed by atoms with E-state index in [-0.39, 0.29) is 0 Å². The molecule has 0 aliphatic rings. The van der Waals surface area contributed by atoms with Gasteiger partial charge in [0.2, 0.25) is 0 Å². The zero-order chi connectivity index (χ0) is 18.5. The number of amides is 1. The van der Waals surface area contributed by atoms with Gasteiger partial charge >= 0.3 is 0 Å². The molecule has 26 heavy (non-hydrogen) atoms. The second-order valence-electron chi connectivity index (χ2n) is 5.29. The Kier molecular flexibility index (Phi) is 5.25. The molecule has 0 saturated heterocycles. The number of hydrogen-bond donors (Lipinski definition) is 1. The van der Waals surface area contributed by atoms with Crippen molar-refractivity contribution in [2.24, 2.45) is 0 Å². The van der Waals surface area contributed by atoms with Crippen molar-refractivity contribution in [3.63, 3.8) is 0 Å². The molecular formula is C19H14FN3O2S. The van der Waals surface area contributed by atoms with E-state index >= 15 is 0 Å². The Morgan fingerprint density at radius 2 is 2.00 bits per heavy atom. The van der Waals surface area contributed by atoms with Crippen LogP contribution in [0.1, 0.15) is 21.3 Å². The molecule has 0 spiro atoms. The summed E-state index contributed by atoms with van der Waals surface area (Å²) < 4.78 is 19.1. The van der Waals surface area contributed by atoms with Crippen molar-refractivity contribution < 1.29 is 13.9 Å². The summed E-state index contributed by atoms with van der Waals surface area (Å²) >= 11 is 1.06. The third-order valence-electron chi connectivity index (χ3n) is 3.69. The van der Waals surface area contributed by atoms with Crippen molar-refractivity contribution in [3.8, 4) is 22.4 Å². The Hall–Kier alpha value is -3.24. The number of hydrogen-bond acceptors (Lipinski definition) is 5. The second kappa shape index (κ2) is 7.76. The van der Waals surface area contributed by atoms with Gasteiger partial charge in [0, 0.05) is 11.1 Å². The van der Waals surface area contributed by atoms with E-state index in [0.717, 1.165) is 11.3 Å². The van der Waals surface area contributed by atoms with Crippen molar-refractivity contribution in [3.05, 3.63) is 71.0 Å². The Morgan fingerprint density at radius 1 is 1.27 bits per heavy atom. The number of ether oxygens (including phenoxy) is 1. The van der Waals surface area contributed by atoms with Gasteiger partial charge < -0.3 is 10.1 Å². The molecule has 130 valence electrons.